The van der Waals surface area contributed by atoms with E-state index in [2.05, 4.69) is 84.3 Å². The van der Waals surface area contributed by atoms with Gasteiger partial charge in [-0.25, -0.2) is 0 Å². The fraction of sp³-hybridized carbons (Fsp3) is 0.0400. The molecule has 0 spiro atoms. The molecule has 0 aliphatic heterocycles. The summed E-state index contributed by atoms with van der Waals surface area (Å²) >= 11 is 0. The predicted octanol–water partition coefficient (Wildman–Crippen LogP) is 6.99. The molecule has 0 fully saturated rings. The van der Waals surface area contributed by atoms with Crippen LogP contribution >= 0.6 is 0 Å². The Bertz CT molecular complexity index is 1480. The van der Waals surface area contributed by atoms with Gasteiger partial charge in [0.2, 0.25) is 0 Å². The average Bonchev–Trinajstić information content (AvgIpc) is 3.23. The van der Waals surface area contributed by atoms with E-state index in [0.29, 0.717) is 0 Å². The zero-order chi connectivity index (χ0) is 18.0. The number of aryl methyl sites for hydroxylation is 1. The molecule has 0 unspecified atom stereocenters. The van der Waals surface area contributed by atoms with E-state index in [0.717, 1.165) is 27.6 Å². The van der Waals surface area contributed by atoms with E-state index in [9.17, 15) is 0 Å². The van der Waals surface area contributed by atoms with Crippen LogP contribution in [0.15, 0.2) is 89.3 Å². The quantitative estimate of drug-likeness (QED) is 0.313. The van der Waals surface area contributed by atoms with E-state index in [-0.39, 0.29) is 0 Å². The number of benzene rings is 4. The second-order valence-corrected chi connectivity index (χ2v) is 7.15. The highest BCUT2D eigenvalue weighted by atomic mass is 16.3. The second-order valence-electron chi connectivity index (χ2n) is 7.15. The molecule has 6 rings (SSSR count). The lowest BCUT2D eigenvalue weighted by Crippen LogP contribution is -1.93. The van der Waals surface area contributed by atoms with Gasteiger partial charge < -0.3 is 8.98 Å². The van der Waals surface area contributed by atoms with Gasteiger partial charge in [-0.05, 0) is 49.4 Å². The van der Waals surface area contributed by atoms with E-state index in [1.54, 1.807) is 0 Å². The number of fused-ring (bicyclic) bond motifs is 6. The molecule has 0 saturated heterocycles. The third-order valence-electron chi connectivity index (χ3n) is 5.45. The zero-order valence-corrected chi connectivity index (χ0v) is 14.9. The van der Waals surface area contributed by atoms with Gasteiger partial charge in [-0.2, -0.15) is 0 Å². The Balaban J connectivity index is 1.75. The molecular formula is C25H17NO. The average molecular weight is 347 g/mol. The number of furan rings is 1. The molecule has 0 bridgehead atoms. The fourth-order valence-electron chi connectivity index (χ4n) is 4.22. The lowest BCUT2D eigenvalue weighted by atomic mass is 10.1. The van der Waals surface area contributed by atoms with Crippen molar-refractivity contribution in [1.29, 1.82) is 0 Å². The molecule has 0 N–H and O–H groups in total. The Morgan fingerprint density at radius 2 is 1.33 bits per heavy atom. The van der Waals surface area contributed by atoms with Crippen LogP contribution in [0.25, 0.3) is 49.4 Å². The topological polar surface area (TPSA) is 18.1 Å². The number of aromatic nitrogens is 1. The van der Waals surface area contributed by atoms with Crippen LogP contribution in [0, 0.1) is 6.92 Å². The molecular weight excluding hydrogens is 330 g/mol. The molecule has 4 aromatic carbocycles. The molecule has 0 saturated carbocycles. The molecule has 2 nitrogen and oxygen atoms in total. The summed E-state index contributed by atoms with van der Waals surface area (Å²) < 4.78 is 8.36. The SMILES string of the molecule is Cc1ccc2c(c1)c1ccccc1n2-c1ccc2oc3ccccc3c2c1. The van der Waals surface area contributed by atoms with Crippen molar-refractivity contribution in [3.05, 3.63) is 90.5 Å². The van der Waals surface area contributed by atoms with Crippen LogP contribution in [0.2, 0.25) is 0 Å². The second kappa shape index (κ2) is 5.24. The number of para-hydroxylation sites is 2. The third-order valence-corrected chi connectivity index (χ3v) is 5.45. The van der Waals surface area contributed by atoms with Crippen molar-refractivity contribution >= 4 is 43.7 Å². The molecule has 0 atom stereocenters. The van der Waals surface area contributed by atoms with E-state index in [1.165, 1.54) is 27.4 Å². The van der Waals surface area contributed by atoms with Crippen molar-refractivity contribution in [2.75, 3.05) is 0 Å². The monoisotopic (exact) mass is 347 g/mol. The van der Waals surface area contributed by atoms with Crippen molar-refractivity contribution < 1.29 is 4.42 Å². The highest BCUT2D eigenvalue weighted by Crippen LogP contribution is 2.35. The maximum absolute atomic E-state index is 6.01. The standard InChI is InChI=1S/C25H17NO/c1-16-10-12-23-20(14-16)18-6-2-4-8-22(18)26(23)17-11-13-25-21(15-17)19-7-3-5-9-24(19)27-25/h2-15H,1H3. The Morgan fingerprint density at radius 3 is 2.26 bits per heavy atom. The van der Waals surface area contributed by atoms with Crippen LogP contribution in [0.4, 0.5) is 0 Å². The number of hydrogen-bond acceptors (Lipinski definition) is 1. The molecule has 27 heavy (non-hydrogen) atoms. The molecule has 0 aliphatic rings. The van der Waals surface area contributed by atoms with E-state index < -0.39 is 0 Å². The van der Waals surface area contributed by atoms with E-state index >= 15 is 0 Å². The van der Waals surface area contributed by atoms with Crippen molar-refractivity contribution in [3.8, 4) is 5.69 Å². The summed E-state index contributed by atoms with van der Waals surface area (Å²) in [5, 5.41) is 4.89. The number of rotatable bonds is 1. The Morgan fingerprint density at radius 1 is 0.593 bits per heavy atom. The first kappa shape index (κ1) is 14.6. The van der Waals surface area contributed by atoms with Crippen LogP contribution in [-0.2, 0) is 0 Å². The molecule has 2 heterocycles. The maximum atomic E-state index is 6.01. The fourth-order valence-corrected chi connectivity index (χ4v) is 4.22. The lowest BCUT2D eigenvalue weighted by molar-refractivity contribution is 0.669. The summed E-state index contributed by atoms with van der Waals surface area (Å²) in [4.78, 5) is 0. The lowest BCUT2D eigenvalue weighted by Gasteiger charge is -2.08. The van der Waals surface area contributed by atoms with Crippen LogP contribution in [0.3, 0.4) is 0 Å². The van der Waals surface area contributed by atoms with Crippen LogP contribution in [0.1, 0.15) is 5.56 Å². The van der Waals surface area contributed by atoms with Gasteiger partial charge in [0.15, 0.2) is 0 Å². The van der Waals surface area contributed by atoms with Gasteiger partial charge in [0.1, 0.15) is 11.2 Å². The summed E-state index contributed by atoms with van der Waals surface area (Å²) in [6.07, 6.45) is 0. The van der Waals surface area contributed by atoms with Gasteiger partial charge >= 0.3 is 0 Å². The maximum Gasteiger partial charge on any atom is 0.135 e. The summed E-state index contributed by atoms with van der Waals surface area (Å²) in [5.74, 6) is 0. The molecule has 2 aromatic heterocycles. The first-order valence-electron chi connectivity index (χ1n) is 9.21. The normalized spacial score (nSPS) is 11.9. The zero-order valence-electron chi connectivity index (χ0n) is 14.9. The van der Waals surface area contributed by atoms with Crippen molar-refractivity contribution in [1.82, 2.24) is 4.57 Å². The highest BCUT2D eigenvalue weighted by Gasteiger charge is 2.14. The van der Waals surface area contributed by atoms with Crippen LogP contribution in [-0.4, -0.2) is 4.57 Å². The van der Waals surface area contributed by atoms with Crippen molar-refractivity contribution in [2.45, 2.75) is 6.92 Å². The minimum Gasteiger partial charge on any atom is -0.456 e. The minimum atomic E-state index is 0.927. The number of nitrogens with zero attached hydrogens (tertiary/aromatic N) is 1. The predicted molar refractivity (Wildman–Crippen MR) is 113 cm³/mol. The van der Waals surface area contributed by atoms with Crippen LogP contribution < -0.4 is 0 Å². The Hall–Kier alpha value is -3.52. The first-order valence-corrected chi connectivity index (χ1v) is 9.21. The molecule has 0 amide bonds. The van der Waals surface area contributed by atoms with Gasteiger partial charge in [-0.3, -0.25) is 0 Å². The van der Waals surface area contributed by atoms with Crippen LogP contribution in [0.5, 0.6) is 0 Å². The molecule has 0 radical (unpaired) electrons. The molecule has 2 heteroatoms. The van der Waals surface area contributed by atoms with Crippen molar-refractivity contribution in [2.24, 2.45) is 0 Å². The van der Waals surface area contributed by atoms with E-state index in [1.807, 2.05) is 12.1 Å². The van der Waals surface area contributed by atoms with Crippen molar-refractivity contribution in [3.63, 3.8) is 0 Å². The largest absolute Gasteiger partial charge is 0.456 e. The summed E-state index contributed by atoms with van der Waals surface area (Å²) in [6, 6.07) is 30.0. The van der Waals surface area contributed by atoms with Gasteiger partial charge in [-0.1, -0.05) is 48.0 Å². The van der Waals surface area contributed by atoms with Gasteiger partial charge in [0.05, 0.1) is 11.0 Å². The Kier molecular flexibility index (Phi) is 2.84. The summed E-state index contributed by atoms with van der Waals surface area (Å²) in [5.41, 5.74) is 6.75. The first-order chi connectivity index (χ1) is 13.3. The van der Waals surface area contributed by atoms with Gasteiger partial charge in [-0.15, -0.1) is 0 Å². The molecule has 0 aliphatic carbocycles. The summed E-state index contributed by atoms with van der Waals surface area (Å²) in [6.45, 7) is 2.15. The van der Waals surface area contributed by atoms with Gasteiger partial charge in [0.25, 0.3) is 0 Å². The highest BCUT2D eigenvalue weighted by molar-refractivity contribution is 6.10. The smallest absolute Gasteiger partial charge is 0.135 e. The molecule has 6 aromatic rings. The molecule has 128 valence electrons. The van der Waals surface area contributed by atoms with E-state index in [4.69, 9.17) is 4.42 Å². The summed E-state index contributed by atoms with van der Waals surface area (Å²) in [7, 11) is 0. The minimum absolute atomic E-state index is 0.927. The van der Waals surface area contributed by atoms with Gasteiger partial charge in [0, 0.05) is 27.2 Å². The Labute approximate surface area is 156 Å². The third kappa shape index (κ3) is 2.01. The number of hydrogen-bond donors (Lipinski definition) is 0.